The second-order valence-electron chi connectivity index (χ2n) is 8.73. The van der Waals surface area contributed by atoms with E-state index in [1.807, 2.05) is 19.2 Å². The highest BCUT2D eigenvalue weighted by Gasteiger charge is 2.24. The average Bonchev–Trinajstić information content (AvgIpc) is 3.43. The van der Waals surface area contributed by atoms with Gasteiger partial charge in [-0.05, 0) is 43.6 Å². The highest BCUT2D eigenvalue weighted by molar-refractivity contribution is 7.09. The van der Waals surface area contributed by atoms with Gasteiger partial charge in [-0.15, -0.1) is 11.3 Å². The Kier molecular flexibility index (Phi) is 7.72. The Bertz CT molecular complexity index is 819. The van der Waals surface area contributed by atoms with Gasteiger partial charge in [0.2, 0.25) is 0 Å². The first-order valence-electron chi connectivity index (χ1n) is 10.7. The number of ether oxygens (including phenoxy) is 1. The summed E-state index contributed by atoms with van der Waals surface area (Å²) in [4.78, 5) is 11.7. The van der Waals surface area contributed by atoms with Crippen LogP contribution in [0.1, 0.15) is 55.9 Å². The number of aliphatic imine (C=N–C) groups is 1. The van der Waals surface area contributed by atoms with Gasteiger partial charge in [0.05, 0.1) is 30.4 Å². The van der Waals surface area contributed by atoms with Crippen molar-refractivity contribution in [2.75, 3.05) is 33.8 Å². The second-order valence-corrected chi connectivity index (χ2v) is 9.59. The monoisotopic (exact) mass is 429 g/mol. The highest BCUT2D eigenvalue weighted by Crippen LogP contribution is 2.27. The summed E-state index contributed by atoms with van der Waals surface area (Å²) in [7, 11) is 3.52. The lowest BCUT2D eigenvalue weighted by Gasteiger charge is -2.29. The average molecular weight is 430 g/mol. The Morgan fingerprint density at radius 3 is 2.47 bits per heavy atom. The number of likely N-dealkylation sites (tertiary alicyclic amines) is 1. The minimum absolute atomic E-state index is 0.0875. The van der Waals surface area contributed by atoms with Crippen LogP contribution >= 0.6 is 11.3 Å². The Hall–Kier alpha value is -2.12. The van der Waals surface area contributed by atoms with Crippen LogP contribution in [0.15, 0.2) is 34.6 Å². The molecule has 0 bridgehead atoms. The van der Waals surface area contributed by atoms with E-state index < -0.39 is 0 Å². The molecule has 2 heterocycles. The van der Waals surface area contributed by atoms with E-state index in [1.54, 1.807) is 18.4 Å². The van der Waals surface area contributed by atoms with E-state index >= 15 is 0 Å². The van der Waals surface area contributed by atoms with Gasteiger partial charge >= 0.3 is 0 Å². The Morgan fingerprint density at radius 1 is 1.20 bits per heavy atom. The Labute approximate surface area is 184 Å². The van der Waals surface area contributed by atoms with E-state index in [2.05, 4.69) is 58.8 Å². The smallest absolute Gasteiger partial charge is 0.191 e. The topological polar surface area (TPSA) is 61.8 Å². The SMILES string of the molecule is CN=C(NCc1csc(C(C)(C)C)n1)NCC(c1ccc(OC)cc1)N1CCCC1. The summed E-state index contributed by atoms with van der Waals surface area (Å²) in [5.74, 6) is 1.69. The molecule has 2 aromatic rings. The van der Waals surface area contributed by atoms with Gasteiger partial charge in [-0.1, -0.05) is 32.9 Å². The lowest BCUT2D eigenvalue weighted by atomic mass is 9.98. The van der Waals surface area contributed by atoms with Crippen molar-refractivity contribution in [1.82, 2.24) is 20.5 Å². The first-order chi connectivity index (χ1) is 14.4. The van der Waals surface area contributed by atoms with Crippen LogP contribution in [0.5, 0.6) is 5.75 Å². The summed E-state index contributed by atoms with van der Waals surface area (Å²) in [6.07, 6.45) is 2.53. The molecule has 0 aliphatic carbocycles. The van der Waals surface area contributed by atoms with Gasteiger partial charge in [-0.2, -0.15) is 0 Å². The zero-order valence-corrected chi connectivity index (χ0v) is 19.7. The molecule has 1 aromatic heterocycles. The lowest BCUT2D eigenvalue weighted by molar-refractivity contribution is 0.245. The van der Waals surface area contributed by atoms with Gasteiger partial charge in [0.1, 0.15) is 5.75 Å². The van der Waals surface area contributed by atoms with Crippen molar-refractivity contribution in [2.24, 2.45) is 4.99 Å². The molecule has 30 heavy (non-hydrogen) atoms. The van der Waals surface area contributed by atoms with E-state index in [1.165, 1.54) is 18.4 Å². The maximum atomic E-state index is 5.32. The quantitative estimate of drug-likeness (QED) is 0.515. The number of hydrogen-bond acceptors (Lipinski definition) is 5. The van der Waals surface area contributed by atoms with Crippen LogP contribution in [0.2, 0.25) is 0 Å². The fraction of sp³-hybridized carbons (Fsp3) is 0.565. The van der Waals surface area contributed by atoms with E-state index in [-0.39, 0.29) is 5.41 Å². The van der Waals surface area contributed by atoms with E-state index in [0.29, 0.717) is 12.6 Å². The minimum Gasteiger partial charge on any atom is -0.497 e. The van der Waals surface area contributed by atoms with Gasteiger partial charge in [-0.25, -0.2) is 4.98 Å². The van der Waals surface area contributed by atoms with Crippen LogP contribution in [-0.4, -0.2) is 49.6 Å². The summed E-state index contributed by atoms with van der Waals surface area (Å²) in [6.45, 7) is 10.3. The molecule has 0 saturated carbocycles. The molecule has 1 aliphatic heterocycles. The van der Waals surface area contributed by atoms with Crippen molar-refractivity contribution in [1.29, 1.82) is 0 Å². The molecule has 0 radical (unpaired) electrons. The molecule has 1 aromatic carbocycles. The number of guanidine groups is 1. The largest absolute Gasteiger partial charge is 0.497 e. The van der Waals surface area contributed by atoms with Gasteiger partial charge in [0, 0.05) is 24.4 Å². The molecule has 1 aliphatic rings. The molecule has 164 valence electrons. The van der Waals surface area contributed by atoms with Crippen LogP contribution in [0, 0.1) is 0 Å². The molecule has 0 amide bonds. The van der Waals surface area contributed by atoms with Crippen molar-refractivity contribution in [3.63, 3.8) is 0 Å². The van der Waals surface area contributed by atoms with Crippen LogP contribution in [-0.2, 0) is 12.0 Å². The number of aromatic nitrogens is 1. The number of thiazole rings is 1. The van der Waals surface area contributed by atoms with E-state index in [4.69, 9.17) is 9.72 Å². The van der Waals surface area contributed by atoms with E-state index in [9.17, 15) is 0 Å². The maximum absolute atomic E-state index is 5.32. The van der Waals surface area contributed by atoms with Crippen LogP contribution in [0.4, 0.5) is 0 Å². The van der Waals surface area contributed by atoms with Crippen molar-refractivity contribution < 1.29 is 4.74 Å². The molecular weight excluding hydrogens is 394 g/mol. The molecule has 0 spiro atoms. The first kappa shape index (κ1) is 22.6. The van der Waals surface area contributed by atoms with Gasteiger partial charge in [0.25, 0.3) is 0 Å². The van der Waals surface area contributed by atoms with Gasteiger partial charge < -0.3 is 15.4 Å². The van der Waals surface area contributed by atoms with Crippen molar-refractivity contribution >= 4 is 17.3 Å². The summed E-state index contributed by atoms with van der Waals surface area (Å²) in [6, 6.07) is 8.73. The molecule has 1 atom stereocenters. The van der Waals surface area contributed by atoms with Gasteiger partial charge in [0.15, 0.2) is 5.96 Å². The zero-order valence-electron chi connectivity index (χ0n) is 18.9. The number of methoxy groups -OCH3 is 1. The third kappa shape index (κ3) is 5.95. The normalized spacial score (nSPS) is 16.5. The minimum atomic E-state index is 0.0875. The van der Waals surface area contributed by atoms with E-state index in [0.717, 1.165) is 42.0 Å². The standard InChI is InChI=1S/C23H35N5OS/c1-23(2,3)21-27-18(16-30-21)14-25-22(24-4)26-15-20(28-12-6-7-13-28)17-8-10-19(29-5)11-9-17/h8-11,16,20H,6-7,12-15H2,1-5H3,(H2,24,25,26). The first-order valence-corrected chi connectivity index (χ1v) is 11.6. The molecule has 3 rings (SSSR count). The third-order valence-corrected chi connectivity index (χ3v) is 6.72. The van der Waals surface area contributed by atoms with Crippen molar-refractivity contribution in [3.8, 4) is 5.75 Å². The predicted molar refractivity (Wildman–Crippen MR) is 126 cm³/mol. The fourth-order valence-corrected chi connectivity index (χ4v) is 4.57. The molecule has 1 fully saturated rings. The molecule has 2 N–H and O–H groups in total. The lowest BCUT2D eigenvalue weighted by Crippen LogP contribution is -2.42. The molecule has 7 heteroatoms. The maximum Gasteiger partial charge on any atom is 0.191 e. The molecule has 1 saturated heterocycles. The summed E-state index contributed by atoms with van der Waals surface area (Å²) in [5, 5.41) is 10.2. The predicted octanol–water partition coefficient (Wildman–Crippen LogP) is 3.95. The number of rotatable bonds is 7. The summed E-state index contributed by atoms with van der Waals surface area (Å²) >= 11 is 1.72. The molecule has 6 nitrogen and oxygen atoms in total. The van der Waals surface area contributed by atoms with Gasteiger partial charge in [-0.3, -0.25) is 9.89 Å². The van der Waals surface area contributed by atoms with Crippen LogP contribution in [0.25, 0.3) is 0 Å². The molecule has 1 unspecified atom stereocenters. The zero-order chi connectivity index (χ0) is 21.6. The highest BCUT2D eigenvalue weighted by atomic mass is 32.1. The molecular formula is C23H35N5OS. The van der Waals surface area contributed by atoms with Crippen molar-refractivity contribution in [2.45, 2.75) is 51.6 Å². The van der Waals surface area contributed by atoms with Crippen LogP contribution in [0.3, 0.4) is 0 Å². The third-order valence-electron chi connectivity index (χ3n) is 5.40. The number of hydrogen-bond donors (Lipinski definition) is 2. The van der Waals surface area contributed by atoms with Crippen LogP contribution < -0.4 is 15.4 Å². The fourth-order valence-electron chi connectivity index (χ4n) is 3.66. The van der Waals surface area contributed by atoms with Crippen molar-refractivity contribution in [3.05, 3.63) is 45.9 Å². The number of nitrogens with zero attached hydrogens (tertiary/aromatic N) is 3. The summed E-state index contributed by atoms with van der Waals surface area (Å²) < 4.78 is 5.32. The Morgan fingerprint density at radius 2 is 1.90 bits per heavy atom. The number of nitrogens with one attached hydrogen (secondary N) is 2. The summed E-state index contributed by atoms with van der Waals surface area (Å²) in [5.41, 5.74) is 2.44. The Balaban J connectivity index is 1.60. The number of benzene rings is 1. The second kappa shape index (κ2) is 10.3.